The summed E-state index contributed by atoms with van der Waals surface area (Å²) in [6.07, 6.45) is 3.47. The van der Waals surface area contributed by atoms with E-state index in [2.05, 4.69) is 31.8 Å². The highest BCUT2D eigenvalue weighted by Crippen LogP contribution is 2.34. The molecule has 0 aromatic carbocycles. The number of aryl methyl sites for hydroxylation is 1. The van der Waals surface area contributed by atoms with Crippen molar-refractivity contribution in [3.8, 4) is 0 Å². The third-order valence-corrected chi connectivity index (χ3v) is 4.45. The Morgan fingerprint density at radius 2 is 1.74 bits per heavy atom. The van der Waals surface area contributed by atoms with Gasteiger partial charge in [-0.15, -0.1) is 0 Å². The largest absolute Gasteiger partial charge is 0.354 e. The van der Waals surface area contributed by atoms with Crippen LogP contribution in [-0.4, -0.2) is 57.6 Å². The summed E-state index contributed by atoms with van der Waals surface area (Å²) in [4.78, 5) is 18.1. The predicted molar refractivity (Wildman–Crippen MR) is 73.0 cm³/mol. The van der Waals surface area contributed by atoms with E-state index in [-0.39, 0.29) is 0 Å². The first-order valence-electron chi connectivity index (χ1n) is 6.78. The fraction of sp³-hybridized carbons (Fsp3) is 0.615. The van der Waals surface area contributed by atoms with E-state index < -0.39 is 0 Å². The summed E-state index contributed by atoms with van der Waals surface area (Å²) in [7, 11) is 4.18. The van der Waals surface area contributed by atoms with E-state index in [1.807, 2.05) is 17.9 Å². The third kappa shape index (κ3) is 1.63. The highest BCUT2D eigenvalue weighted by Gasteiger charge is 2.39. The molecule has 0 radical (unpaired) electrons. The number of likely N-dealkylation sites (tertiary alicyclic amines) is 1. The number of nitrogens with zero attached hydrogens (tertiary/aromatic N) is 6. The second kappa shape index (κ2) is 3.90. The molecule has 0 aliphatic carbocycles. The molecule has 4 heterocycles. The van der Waals surface area contributed by atoms with Gasteiger partial charge in [-0.2, -0.15) is 0 Å². The molecular formula is C13H18N6. The van der Waals surface area contributed by atoms with E-state index >= 15 is 0 Å². The number of imidazole rings is 1. The van der Waals surface area contributed by atoms with Gasteiger partial charge in [0, 0.05) is 33.2 Å². The summed E-state index contributed by atoms with van der Waals surface area (Å²) >= 11 is 0. The van der Waals surface area contributed by atoms with Gasteiger partial charge in [0.1, 0.15) is 6.33 Å². The molecule has 2 aromatic heterocycles. The SMILES string of the molecule is CN1CC2CN(c3ncnc4c3ncn4C)CC2C1. The lowest BCUT2D eigenvalue weighted by Crippen LogP contribution is -2.27. The van der Waals surface area contributed by atoms with Gasteiger partial charge in [-0.3, -0.25) is 0 Å². The van der Waals surface area contributed by atoms with E-state index in [0.29, 0.717) is 0 Å². The van der Waals surface area contributed by atoms with Gasteiger partial charge in [0.15, 0.2) is 17.0 Å². The average molecular weight is 258 g/mol. The van der Waals surface area contributed by atoms with Crippen LogP contribution in [0.3, 0.4) is 0 Å². The third-order valence-electron chi connectivity index (χ3n) is 4.45. The number of anilines is 1. The summed E-state index contributed by atoms with van der Waals surface area (Å²) in [6.45, 7) is 4.60. The summed E-state index contributed by atoms with van der Waals surface area (Å²) < 4.78 is 1.95. The van der Waals surface area contributed by atoms with E-state index in [4.69, 9.17) is 0 Å². The fourth-order valence-electron chi connectivity index (χ4n) is 3.57. The Labute approximate surface area is 112 Å². The van der Waals surface area contributed by atoms with Gasteiger partial charge in [0.25, 0.3) is 0 Å². The molecule has 4 rings (SSSR count). The first kappa shape index (κ1) is 11.2. The highest BCUT2D eigenvalue weighted by atomic mass is 15.3. The van der Waals surface area contributed by atoms with Crippen molar-refractivity contribution < 1.29 is 0 Å². The molecule has 0 saturated carbocycles. The molecule has 2 saturated heterocycles. The summed E-state index contributed by atoms with van der Waals surface area (Å²) in [5.74, 6) is 2.56. The van der Waals surface area contributed by atoms with Crippen molar-refractivity contribution >= 4 is 17.0 Å². The summed E-state index contributed by atoms with van der Waals surface area (Å²) in [5.41, 5.74) is 1.84. The second-order valence-electron chi connectivity index (χ2n) is 5.87. The number of aromatic nitrogens is 4. The molecule has 2 atom stereocenters. The van der Waals surface area contributed by atoms with E-state index in [1.54, 1.807) is 6.33 Å². The zero-order valence-corrected chi connectivity index (χ0v) is 11.3. The van der Waals surface area contributed by atoms with Crippen LogP contribution in [0.1, 0.15) is 0 Å². The van der Waals surface area contributed by atoms with Crippen molar-refractivity contribution in [3.05, 3.63) is 12.7 Å². The normalized spacial score (nSPS) is 27.4. The molecule has 0 spiro atoms. The minimum Gasteiger partial charge on any atom is -0.354 e. The molecule has 2 unspecified atom stereocenters. The van der Waals surface area contributed by atoms with Gasteiger partial charge >= 0.3 is 0 Å². The molecule has 0 bridgehead atoms. The zero-order chi connectivity index (χ0) is 13.0. The molecular weight excluding hydrogens is 240 g/mol. The number of fused-ring (bicyclic) bond motifs is 2. The lowest BCUT2D eigenvalue weighted by atomic mass is 10.0. The average Bonchev–Trinajstić information content (AvgIpc) is 3.02. The minimum atomic E-state index is 0.777. The Bertz CT molecular complexity index is 607. The lowest BCUT2D eigenvalue weighted by molar-refractivity contribution is 0.387. The van der Waals surface area contributed by atoms with E-state index in [0.717, 1.165) is 41.9 Å². The molecule has 2 fully saturated rings. The number of rotatable bonds is 1. The smallest absolute Gasteiger partial charge is 0.165 e. The molecule has 0 amide bonds. The van der Waals surface area contributed by atoms with Gasteiger partial charge in [0.05, 0.1) is 6.33 Å². The van der Waals surface area contributed by atoms with Crippen LogP contribution in [0, 0.1) is 11.8 Å². The maximum absolute atomic E-state index is 4.47. The minimum absolute atomic E-state index is 0.777. The topological polar surface area (TPSA) is 50.1 Å². The first-order valence-corrected chi connectivity index (χ1v) is 6.78. The van der Waals surface area contributed by atoms with Crippen LogP contribution in [0.4, 0.5) is 5.82 Å². The van der Waals surface area contributed by atoms with Gasteiger partial charge in [-0.1, -0.05) is 0 Å². The maximum atomic E-state index is 4.47. The Balaban J connectivity index is 1.69. The predicted octanol–water partition coefficient (Wildman–Crippen LogP) is 0.361. The van der Waals surface area contributed by atoms with Crippen LogP contribution >= 0.6 is 0 Å². The highest BCUT2D eigenvalue weighted by molar-refractivity contribution is 5.83. The van der Waals surface area contributed by atoms with Crippen molar-refractivity contribution in [2.75, 3.05) is 38.1 Å². The Morgan fingerprint density at radius 3 is 2.47 bits per heavy atom. The number of hydrogen-bond acceptors (Lipinski definition) is 5. The van der Waals surface area contributed by atoms with Gasteiger partial charge < -0.3 is 14.4 Å². The Hall–Kier alpha value is -1.69. The molecule has 2 aliphatic rings. The zero-order valence-electron chi connectivity index (χ0n) is 11.3. The first-order chi connectivity index (χ1) is 9.22. The van der Waals surface area contributed by atoms with Crippen LogP contribution in [0.15, 0.2) is 12.7 Å². The van der Waals surface area contributed by atoms with Crippen LogP contribution in [0.2, 0.25) is 0 Å². The standard InChI is InChI=1S/C13H18N6/c1-17-3-9-5-19(6-10(9)4-17)13-11-12(14-7-15-13)18(2)8-16-11/h7-10H,3-6H2,1-2H3. The van der Waals surface area contributed by atoms with Gasteiger partial charge in [0.2, 0.25) is 0 Å². The second-order valence-corrected chi connectivity index (χ2v) is 5.87. The van der Waals surface area contributed by atoms with Crippen molar-refractivity contribution in [1.82, 2.24) is 24.4 Å². The van der Waals surface area contributed by atoms with E-state index in [1.165, 1.54) is 13.1 Å². The molecule has 19 heavy (non-hydrogen) atoms. The maximum Gasteiger partial charge on any atom is 0.165 e. The quantitative estimate of drug-likeness (QED) is 0.739. The van der Waals surface area contributed by atoms with Gasteiger partial charge in [-0.25, -0.2) is 15.0 Å². The summed E-state index contributed by atoms with van der Waals surface area (Å²) in [6, 6.07) is 0. The van der Waals surface area contributed by atoms with Crippen LogP contribution in [0.5, 0.6) is 0 Å². The van der Waals surface area contributed by atoms with Crippen LogP contribution in [0.25, 0.3) is 11.2 Å². The summed E-state index contributed by atoms with van der Waals surface area (Å²) in [5, 5.41) is 0. The van der Waals surface area contributed by atoms with Crippen molar-refractivity contribution in [1.29, 1.82) is 0 Å². The lowest BCUT2D eigenvalue weighted by Gasteiger charge is -2.20. The Morgan fingerprint density at radius 1 is 1.00 bits per heavy atom. The van der Waals surface area contributed by atoms with E-state index in [9.17, 15) is 0 Å². The molecule has 6 nitrogen and oxygen atoms in total. The van der Waals surface area contributed by atoms with Crippen molar-refractivity contribution in [3.63, 3.8) is 0 Å². The monoisotopic (exact) mass is 258 g/mol. The molecule has 100 valence electrons. The fourth-order valence-corrected chi connectivity index (χ4v) is 3.57. The molecule has 2 aromatic rings. The number of hydrogen-bond donors (Lipinski definition) is 0. The molecule has 0 N–H and O–H groups in total. The molecule has 6 heteroatoms. The Kier molecular flexibility index (Phi) is 2.29. The van der Waals surface area contributed by atoms with Crippen molar-refractivity contribution in [2.24, 2.45) is 18.9 Å². The van der Waals surface area contributed by atoms with Crippen LogP contribution < -0.4 is 4.90 Å². The molecule has 2 aliphatic heterocycles. The van der Waals surface area contributed by atoms with Crippen LogP contribution in [-0.2, 0) is 7.05 Å². The van der Waals surface area contributed by atoms with Gasteiger partial charge in [-0.05, 0) is 18.9 Å². The van der Waals surface area contributed by atoms with Crippen molar-refractivity contribution in [2.45, 2.75) is 0 Å².